The third-order valence-corrected chi connectivity index (χ3v) is 4.46. The maximum Gasteiger partial charge on any atom is 0.0397 e. The zero-order valence-electron chi connectivity index (χ0n) is 13.2. The molecule has 2 heteroatoms. The van der Waals surface area contributed by atoms with Gasteiger partial charge < -0.3 is 10.2 Å². The summed E-state index contributed by atoms with van der Waals surface area (Å²) in [5.74, 6) is 0. The van der Waals surface area contributed by atoms with Crippen LogP contribution in [0.1, 0.15) is 35.2 Å². The van der Waals surface area contributed by atoms with Crippen LogP contribution >= 0.6 is 0 Å². The second-order valence-electron chi connectivity index (χ2n) is 6.15. The van der Waals surface area contributed by atoms with Gasteiger partial charge in [0.05, 0.1) is 0 Å². The number of hydrogen-bond donors (Lipinski definition) is 1. The van der Waals surface area contributed by atoms with Crippen molar-refractivity contribution in [2.24, 2.45) is 0 Å². The van der Waals surface area contributed by atoms with Crippen LogP contribution < -0.4 is 10.2 Å². The lowest BCUT2D eigenvalue weighted by atomic mass is 10.1. The van der Waals surface area contributed by atoms with E-state index in [1.807, 2.05) is 0 Å². The Labute approximate surface area is 127 Å². The average Bonchev–Trinajstić information content (AvgIpc) is 2.86. The first-order chi connectivity index (χ1) is 10.1. The van der Waals surface area contributed by atoms with Crippen LogP contribution in [0, 0.1) is 6.92 Å². The van der Waals surface area contributed by atoms with E-state index in [2.05, 4.69) is 73.6 Å². The highest BCUT2D eigenvalue weighted by molar-refractivity contribution is 5.58. The fraction of sp³-hybridized carbons (Fsp3) is 0.368. The summed E-state index contributed by atoms with van der Waals surface area (Å²) in [6.45, 7) is 6.42. The standard InChI is InChI=1S/C19H24N2/c1-14-4-7-17(8-5-14)15(2)20-13-16-6-9-19-18(12-16)10-11-21(19)3/h4-9,12,15,20H,10-11,13H2,1-3H3/t15-/m0/s1. The Kier molecular flexibility index (Phi) is 3.98. The average molecular weight is 280 g/mol. The van der Waals surface area contributed by atoms with Gasteiger partial charge in [-0.25, -0.2) is 0 Å². The van der Waals surface area contributed by atoms with Crippen molar-refractivity contribution in [2.75, 3.05) is 18.5 Å². The van der Waals surface area contributed by atoms with E-state index in [0.29, 0.717) is 6.04 Å². The highest BCUT2D eigenvalue weighted by Gasteiger charge is 2.15. The monoisotopic (exact) mass is 280 g/mol. The fourth-order valence-corrected chi connectivity index (χ4v) is 2.97. The Balaban J connectivity index is 1.64. The van der Waals surface area contributed by atoms with Gasteiger partial charge in [0.25, 0.3) is 0 Å². The molecule has 1 heterocycles. The Morgan fingerprint density at radius 1 is 1.14 bits per heavy atom. The summed E-state index contributed by atoms with van der Waals surface area (Å²) in [7, 11) is 2.17. The summed E-state index contributed by atoms with van der Waals surface area (Å²) in [4.78, 5) is 2.33. The van der Waals surface area contributed by atoms with Gasteiger partial charge in [0, 0.05) is 31.9 Å². The smallest absolute Gasteiger partial charge is 0.0397 e. The maximum absolute atomic E-state index is 3.62. The fourth-order valence-electron chi connectivity index (χ4n) is 2.97. The van der Waals surface area contributed by atoms with E-state index in [-0.39, 0.29) is 0 Å². The topological polar surface area (TPSA) is 15.3 Å². The molecule has 3 rings (SSSR count). The molecule has 1 N–H and O–H groups in total. The van der Waals surface area contributed by atoms with Crippen molar-refractivity contribution in [3.8, 4) is 0 Å². The van der Waals surface area contributed by atoms with Gasteiger partial charge in [-0.3, -0.25) is 0 Å². The first-order valence-corrected chi connectivity index (χ1v) is 7.76. The molecule has 0 saturated heterocycles. The summed E-state index contributed by atoms with van der Waals surface area (Å²) >= 11 is 0. The lowest BCUT2D eigenvalue weighted by Gasteiger charge is -2.16. The quantitative estimate of drug-likeness (QED) is 0.915. The lowest BCUT2D eigenvalue weighted by molar-refractivity contribution is 0.574. The molecule has 0 saturated carbocycles. The van der Waals surface area contributed by atoms with Crippen molar-refractivity contribution in [3.63, 3.8) is 0 Å². The first kappa shape index (κ1) is 14.2. The molecule has 1 aliphatic heterocycles. The van der Waals surface area contributed by atoms with Crippen molar-refractivity contribution in [2.45, 2.75) is 32.9 Å². The SMILES string of the molecule is Cc1ccc([C@H](C)NCc2ccc3c(c2)CCN3C)cc1. The molecule has 21 heavy (non-hydrogen) atoms. The van der Waals surface area contributed by atoms with Gasteiger partial charge in [0.15, 0.2) is 0 Å². The van der Waals surface area contributed by atoms with Crippen LogP contribution in [-0.2, 0) is 13.0 Å². The van der Waals surface area contributed by atoms with Crippen LogP contribution in [0.15, 0.2) is 42.5 Å². The third kappa shape index (κ3) is 3.11. The number of benzene rings is 2. The molecular weight excluding hydrogens is 256 g/mol. The minimum atomic E-state index is 0.376. The predicted octanol–water partition coefficient (Wildman–Crippen LogP) is 3.84. The molecule has 0 radical (unpaired) electrons. The van der Waals surface area contributed by atoms with Gasteiger partial charge in [-0.05, 0) is 43.0 Å². The van der Waals surface area contributed by atoms with E-state index in [9.17, 15) is 0 Å². The second kappa shape index (κ2) is 5.90. The molecule has 0 amide bonds. The summed E-state index contributed by atoms with van der Waals surface area (Å²) in [5.41, 5.74) is 6.92. The van der Waals surface area contributed by atoms with Gasteiger partial charge in [-0.1, -0.05) is 42.0 Å². The van der Waals surface area contributed by atoms with E-state index in [0.717, 1.165) is 13.1 Å². The van der Waals surface area contributed by atoms with Crippen LogP contribution in [0.4, 0.5) is 5.69 Å². The molecule has 110 valence electrons. The van der Waals surface area contributed by atoms with Crippen molar-refractivity contribution in [3.05, 3.63) is 64.7 Å². The Hall–Kier alpha value is -1.80. The minimum Gasteiger partial charge on any atom is -0.374 e. The molecule has 0 spiro atoms. The number of rotatable bonds is 4. The second-order valence-corrected chi connectivity index (χ2v) is 6.15. The summed E-state index contributed by atoms with van der Waals surface area (Å²) < 4.78 is 0. The molecule has 1 aliphatic rings. The molecule has 0 fully saturated rings. The Morgan fingerprint density at radius 2 is 1.90 bits per heavy atom. The Bertz CT molecular complexity index is 616. The van der Waals surface area contributed by atoms with Crippen molar-refractivity contribution in [1.82, 2.24) is 5.32 Å². The summed E-state index contributed by atoms with van der Waals surface area (Å²) in [6, 6.07) is 16.0. The largest absolute Gasteiger partial charge is 0.374 e. The maximum atomic E-state index is 3.62. The third-order valence-electron chi connectivity index (χ3n) is 4.46. The van der Waals surface area contributed by atoms with Gasteiger partial charge in [-0.2, -0.15) is 0 Å². The van der Waals surface area contributed by atoms with Crippen molar-refractivity contribution in [1.29, 1.82) is 0 Å². The van der Waals surface area contributed by atoms with E-state index in [1.54, 1.807) is 0 Å². The number of fused-ring (bicyclic) bond motifs is 1. The van der Waals surface area contributed by atoms with E-state index >= 15 is 0 Å². The highest BCUT2D eigenvalue weighted by atomic mass is 15.1. The number of anilines is 1. The highest BCUT2D eigenvalue weighted by Crippen LogP contribution is 2.27. The van der Waals surface area contributed by atoms with E-state index < -0.39 is 0 Å². The van der Waals surface area contributed by atoms with Crippen LogP contribution in [0.25, 0.3) is 0 Å². The van der Waals surface area contributed by atoms with Gasteiger partial charge in [0.2, 0.25) is 0 Å². The molecule has 2 aromatic rings. The van der Waals surface area contributed by atoms with Crippen molar-refractivity contribution < 1.29 is 0 Å². The first-order valence-electron chi connectivity index (χ1n) is 7.76. The zero-order chi connectivity index (χ0) is 14.8. The molecule has 2 nitrogen and oxygen atoms in total. The van der Waals surface area contributed by atoms with Crippen LogP contribution in [0.3, 0.4) is 0 Å². The van der Waals surface area contributed by atoms with E-state index in [4.69, 9.17) is 0 Å². The molecule has 0 bridgehead atoms. The van der Waals surface area contributed by atoms with E-state index in [1.165, 1.54) is 34.4 Å². The Morgan fingerprint density at radius 3 is 2.67 bits per heavy atom. The predicted molar refractivity (Wildman–Crippen MR) is 89.8 cm³/mol. The van der Waals surface area contributed by atoms with Gasteiger partial charge in [-0.15, -0.1) is 0 Å². The molecule has 2 aromatic carbocycles. The summed E-state index contributed by atoms with van der Waals surface area (Å²) in [5, 5.41) is 3.62. The number of aryl methyl sites for hydroxylation is 1. The van der Waals surface area contributed by atoms with Gasteiger partial charge >= 0.3 is 0 Å². The molecule has 0 unspecified atom stereocenters. The minimum absolute atomic E-state index is 0.376. The molecule has 1 atom stereocenters. The number of nitrogens with one attached hydrogen (secondary N) is 1. The number of likely N-dealkylation sites (N-methyl/N-ethyl adjacent to an activating group) is 1. The molecule has 0 aliphatic carbocycles. The normalized spacial score (nSPS) is 15.1. The van der Waals surface area contributed by atoms with Crippen LogP contribution in [-0.4, -0.2) is 13.6 Å². The summed E-state index contributed by atoms with van der Waals surface area (Å²) in [6.07, 6.45) is 1.17. The molecular formula is C19H24N2. The van der Waals surface area contributed by atoms with Crippen LogP contribution in [0.2, 0.25) is 0 Å². The number of nitrogens with zero attached hydrogens (tertiary/aromatic N) is 1. The van der Waals surface area contributed by atoms with Crippen LogP contribution in [0.5, 0.6) is 0 Å². The van der Waals surface area contributed by atoms with Gasteiger partial charge in [0.1, 0.15) is 0 Å². The zero-order valence-corrected chi connectivity index (χ0v) is 13.2. The molecule has 0 aromatic heterocycles. The lowest BCUT2D eigenvalue weighted by Crippen LogP contribution is -2.18. The number of hydrogen-bond acceptors (Lipinski definition) is 2. The van der Waals surface area contributed by atoms with Crippen molar-refractivity contribution >= 4 is 5.69 Å².